The number of benzene rings is 1. The first-order chi connectivity index (χ1) is 9.60. The van der Waals surface area contributed by atoms with E-state index in [-0.39, 0.29) is 11.1 Å². The number of hydrogen-bond acceptors (Lipinski definition) is 3. The van der Waals surface area contributed by atoms with Crippen LogP contribution in [0.1, 0.15) is 11.3 Å². The first kappa shape index (κ1) is 13.4. The highest BCUT2D eigenvalue weighted by Crippen LogP contribution is 2.12. The molecule has 0 atom stereocenters. The average molecular weight is 264 g/mol. The van der Waals surface area contributed by atoms with Gasteiger partial charge in [0, 0.05) is 12.7 Å². The first-order valence-electron chi connectivity index (χ1n) is 5.96. The fourth-order valence-corrected chi connectivity index (χ4v) is 1.99. The number of para-hydroxylation sites is 1. The molecule has 2 aromatic rings. The van der Waals surface area contributed by atoms with Crippen molar-refractivity contribution in [3.8, 4) is 17.8 Å². The minimum absolute atomic E-state index is 0.0870. The summed E-state index contributed by atoms with van der Waals surface area (Å²) >= 11 is 0. The monoisotopic (exact) mass is 264 g/mol. The molecule has 0 saturated heterocycles. The van der Waals surface area contributed by atoms with E-state index < -0.39 is 0 Å². The van der Waals surface area contributed by atoms with Crippen LogP contribution >= 0.6 is 0 Å². The van der Waals surface area contributed by atoms with Crippen LogP contribution < -0.4 is 5.56 Å². The highest BCUT2D eigenvalue weighted by Gasteiger charge is 2.14. The summed E-state index contributed by atoms with van der Waals surface area (Å²) in [6.07, 6.45) is 1.33. The van der Waals surface area contributed by atoms with Crippen LogP contribution in [-0.2, 0) is 7.05 Å². The summed E-state index contributed by atoms with van der Waals surface area (Å²) in [5.41, 5.74) is 1.45. The van der Waals surface area contributed by atoms with Crippen molar-refractivity contribution < 1.29 is 0 Å². The van der Waals surface area contributed by atoms with E-state index in [2.05, 4.69) is 0 Å². The van der Waals surface area contributed by atoms with Gasteiger partial charge >= 0.3 is 0 Å². The van der Waals surface area contributed by atoms with E-state index >= 15 is 0 Å². The molecule has 0 aliphatic carbocycles. The lowest BCUT2D eigenvalue weighted by Gasteiger charge is -2.07. The van der Waals surface area contributed by atoms with Gasteiger partial charge in [0.25, 0.3) is 5.56 Å². The lowest BCUT2D eigenvalue weighted by Crippen LogP contribution is -2.20. The Morgan fingerprint density at radius 1 is 1.20 bits per heavy atom. The van der Waals surface area contributed by atoms with Gasteiger partial charge in [-0.2, -0.15) is 10.5 Å². The summed E-state index contributed by atoms with van der Waals surface area (Å²) in [5.74, 6) is 0. The SMILES string of the molecule is Cc1c(C=C(C#N)C#N)c(=O)n(-c2ccccc2)n1C. The minimum Gasteiger partial charge on any atom is -0.285 e. The van der Waals surface area contributed by atoms with Crippen LogP contribution in [0.5, 0.6) is 0 Å². The van der Waals surface area contributed by atoms with Crippen LogP contribution in [0, 0.1) is 29.6 Å². The average Bonchev–Trinajstić information content (AvgIpc) is 2.68. The first-order valence-corrected chi connectivity index (χ1v) is 5.96. The Bertz CT molecular complexity index is 795. The highest BCUT2D eigenvalue weighted by atomic mass is 16.1. The molecule has 0 radical (unpaired) electrons. The van der Waals surface area contributed by atoms with Gasteiger partial charge in [-0.15, -0.1) is 0 Å². The molecular weight excluding hydrogens is 252 g/mol. The van der Waals surface area contributed by atoms with Crippen molar-refractivity contribution in [3.63, 3.8) is 0 Å². The zero-order chi connectivity index (χ0) is 14.7. The lowest BCUT2D eigenvalue weighted by molar-refractivity contribution is 0.630. The topological polar surface area (TPSA) is 74.5 Å². The van der Waals surface area contributed by atoms with Crippen LogP contribution in [-0.4, -0.2) is 9.36 Å². The second-order valence-electron chi connectivity index (χ2n) is 4.26. The van der Waals surface area contributed by atoms with Gasteiger partial charge in [-0.25, -0.2) is 4.68 Å². The van der Waals surface area contributed by atoms with Crippen molar-refractivity contribution in [3.05, 3.63) is 57.5 Å². The van der Waals surface area contributed by atoms with Crippen molar-refractivity contribution in [1.82, 2.24) is 9.36 Å². The second kappa shape index (κ2) is 5.29. The molecule has 5 nitrogen and oxygen atoms in total. The minimum atomic E-state index is -0.251. The molecule has 0 bridgehead atoms. The van der Waals surface area contributed by atoms with Crippen LogP contribution in [0.15, 0.2) is 40.7 Å². The molecule has 1 aromatic heterocycles. The Balaban J connectivity index is 2.72. The maximum atomic E-state index is 12.5. The van der Waals surface area contributed by atoms with Gasteiger partial charge in [-0.1, -0.05) is 18.2 Å². The predicted octanol–water partition coefficient (Wildman–Crippen LogP) is 1.91. The van der Waals surface area contributed by atoms with E-state index in [1.165, 1.54) is 10.8 Å². The molecule has 0 amide bonds. The van der Waals surface area contributed by atoms with Gasteiger partial charge in [-0.3, -0.25) is 9.48 Å². The van der Waals surface area contributed by atoms with E-state index in [0.29, 0.717) is 11.3 Å². The summed E-state index contributed by atoms with van der Waals surface area (Å²) in [6.45, 7) is 1.78. The molecule has 0 N–H and O–H groups in total. The molecule has 0 fully saturated rings. The summed E-state index contributed by atoms with van der Waals surface area (Å²) in [7, 11) is 1.76. The second-order valence-corrected chi connectivity index (χ2v) is 4.26. The van der Waals surface area contributed by atoms with Gasteiger partial charge < -0.3 is 0 Å². The summed E-state index contributed by atoms with van der Waals surface area (Å²) in [5, 5.41) is 17.6. The fourth-order valence-electron chi connectivity index (χ4n) is 1.99. The fraction of sp³-hybridized carbons (Fsp3) is 0.133. The van der Waals surface area contributed by atoms with E-state index in [1.54, 1.807) is 30.8 Å². The third-order valence-electron chi connectivity index (χ3n) is 3.13. The number of hydrogen-bond donors (Lipinski definition) is 0. The summed E-state index contributed by atoms with van der Waals surface area (Å²) < 4.78 is 3.21. The quantitative estimate of drug-likeness (QED) is 0.777. The molecule has 0 aliphatic rings. The van der Waals surface area contributed by atoms with Gasteiger partial charge in [0.05, 0.1) is 11.3 Å². The van der Waals surface area contributed by atoms with Crippen LogP contribution in [0.3, 0.4) is 0 Å². The molecule has 0 saturated carbocycles. The molecule has 5 heteroatoms. The van der Waals surface area contributed by atoms with Crippen LogP contribution in [0.25, 0.3) is 11.8 Å². The third-order valence-corrected chi connectivity index (χ3v) is 3.13. The van der Waals surface area contributed by atoms with Crippen LogP contribution in [0.2, 0.25) is 0 Å². The standard InChI is InChI=1S/C15H12N4O/c1-11-14(8-12(9-16)10-17)15(20)19(18(11)2)13-6-4-3-5-7-13/h3-8H,1-2H3. The van der Waals surface area contributed by atoms with Gasteiger partial charge in [0.1, 0.15) is 17.7 Å². The zero-order valence-electron chi connectivity index (χ0n) is 11.2. The molecule has 0 aliphatic heterocycles. The van der Waals surface area contributed by atoms with Gasteiger partial charge in [-0.05, 0) is 25.1 Å². The Morgan fingerprint density at radius 3 is 2.35 bits per heavy atom. The molecule has 0 unspecified atom stereocenters. The Labute approximate surface area is 116 Å². The van der Waals surface area contributed by atoms with Gasteiger partial charge in [0.15, 0.2) is 0 Å². The van der Waals surface area contributed by atoms with E-state index in [4.69, 9.17) is 10.5 Å². The number of nitrogens with zero attached hydrogens (tertiary/aromatic N) is 4. The largest absolute Gasteiger partial charge is 0.285 e. The normalized spacial score (nSPS) is 9.60. The predicted molar refractivity (Wildman–Crippen MR) is 75.0 cm³/mol. The molecule has 98 valence electrons. The van der Waals surface area contributed by atoms with Crippen molar-refractivity contribution in [2.24, 2.45) is 7.05 Å². The zero-order valence-corrected chi connectivity index (χ0v) is 11.2. The molecule has 20 heavy (non-hydrogen) atoms. The third kappa shape index (κ3) is 2.13. The van der Waals surface area contributed by atoms with Crippen molar-refractivity contribution in [2.75, 3.05) is 0 Å². The summed E-state index contributed by atoms with van der Waals surface area (Å²) in [4.78, 5) is 12.5. The molecule has 1 heterocycles. The number of aromatic nitrogens is 2. The Morgan fingerprint density at radius 2 is 1.80 bits per heavy atom. The maximum absolute atomic E-state index is 12.5. The van der Waals surface area contributed by atoms with Crippen molar-refractivity contribution in [1.29, 1.82) is 10.5 Å². The lowest BCUT2D eigenvalue weighted by atomic mass is 10.2. The molecular formula is C15H12N4O. The molecule has 0 spiro atoms. The number of rotatable bonds is 2. The van der Waals surface area contributed by atoms with Crippen molar-refractivity contribution >= 4 is 6.08 Å². The van der Waals surface area contributed by atoms with Crippen LogP contribution in [0.4, 0.5) is 0 Å². The molecule has 2 rings (SSSR count). The Kier molecular flexibility index (Phi) is 3.54. The highest BCUT2D eigenvalue weighted by molar-refractivity contribution is 5.63. The smallest absolute Gasteiger partial charge is 0.278 e. The number of allylic oxidation sites excluding steroid dienone is 1. The van der Waals surface area contributed by atoms with E-state index in [1.807, 2.05) is 30.3 Å². The van der Waals surface area contributed by atoms with Crippen molar-refractivity contribution in [2.45, 2.75) is 6.92 Å². The van der Waals surface area contributed by atoms with E-state index in [0.717, 1.165) is 5.69 Å². The van der Waals surface area contributed by atoms with Gasteiger partial charge in [0.2, 0.25) is 0 Å². The summed E-state index contributed by atoms with van der Waals surface area (Å²) in [6, 6.07) is 12.7. The molecule has 1 aromatic carbocycles. The maximum Gasteiger partial charge on any atom is 0.278 e. The van der Waals surface area contributed by atoms with E-state index in [9.17, 15) is 4.79 Å². The Hall–Kier alpha value is -3.05. The number of nitriles is 2.